The minimum absolute atomic E-state index is 0.0948. The number of anilines is 1. The van der Waals surface area contributed by atoms with E-state index in [2.05, 4.69) is 10.4 Å². The molecule has 3 heterocycles. The summed E-state index contributed by atoms with van der Waals surface area (Å²) in [7, 11) is 1.59. The summed E-state index contributed by atoms with van der Waals surface area (Å²) >= 11 is 2.75. The smallest absolute Gasteiger partial charge is 0.263 e. The number of rotatable bonds is 8. The predicted octanol–water partition coefficient (Wildman–Crippen LogP) is 4.25. The van der Waals surface area contributed by atoms with Gasteiger partial charge in [-0.25, -0.2) is 9.67 Å². The quantitative estimate of drug-likeness (QED) is 0.289. The molecule has 0 aliphatic heterocycles. The van der Waals surface area contributed by atoms with Gasteiger partial charge in [0.05, 0.1) is 47.1 Å². The van der Waals surface area contributed by atoms with Crippen molar-refractivity contribution in [1.29, 1.82) is 0 Å². The summed E-state index contributed by atoms with van der Waals surface area (Å²) < 4.78 is 8.61. The number of benzene rings is 1. The number of fused-ring (bicyclic) bond motifs is 1. The van der Waals surface area contributed by atoms with Crippen molar-refractivity contribution >= 4 is 44.9 Å². The molecule has 4 aromatic rings. The molecule has 0 saturated heterocycles. The first-order chi connectivity index (χ1) is 16.3. The van der Waals surface area contributed by atoms with Gasteiger partial charge in [-0.15, -0.1) is 11.3 Å². The lowest BCUT2D eigenvalue weighted by Crippen LogP contribution is -2.26. The molecule has 10 heteroatoms. The van der Waals surface area contributed by atoms with Crippen molar-refractivity contribution in [2.75, 3.05) is 24.8 Å². The van der Waals surface area contributed by atoms with E-state index in [1.165, 1.54) is 23.1 Å². The first kappa shape index (κ1) is 24.2. The zero-order chi connectivity index (χ0) is 24.4. The summed E-state index contributed by atoms with van der Waals surface area (Å²) in [5, 5.41) is 8.73. The fourth-order valence-corrected chi connectivity index (χ4v) is 5.64. The molecule has 0 aliphatic carbocycles. The topological polar surface area (TPSA) is 91.0 Å². The Balaban J connectivity index is 1.56. The highest BCUT2D eigenvalue weighted by atomic mass is 32.2. The number of carbonyl (C=O) groups is 1. The summed E-state index contributed by atoms with van der Waals surface area (Å²) in [4.78, 5) is 32.6. The summed E-state index contributed by atoms with van der Waals surface area (Å²) in [6, 6.07) is 9.78. The van der Waals surface area contributed by atoms with E-state index in [1.807, 2.05) is 62.7 Å². The number of nitrogens with zero attached hydrogens (tertiary/aromatic N) is 4. The van der Waals surface area contributed by atoms with Crippen LogP contribution < -0.4 is 10.9 Å². The molecule has 34 heavy (non-hydrogen) atoms. The van der Waals surface area contributed by atoms with E-state index in [9.17, 15) is 9.59 Å². The van der Waals surface area contributed by atoms with Gasteiger partial charge in [-0.3, -0.25) is 14.2 Å². The fraction of sp³-hybridized carbons (Fsp3) is 0.333. The Labute approximate surface area is 206 Å². The summed E-state index contributed by atoms with van der Waals surface area (Å²) in [6.45, 7) is 8.48. The Hall–Kier alpha value is -2.95. The Bertz CT molecular complexity index is 1410. The zero-order valence-electron chi connectivity index (χ0n) is 19.8. The maximum atomic E-state index is 13.2. The van der Waals surface area contributed by atoms with Gasteiger partial charge < -0.3 is 10.1 Å². The van der Waals surface area contributed by atoms with Crippen molar-refractivity contribution in [1.82, 2.24) is 19.3 Å². The highest BCUT2D eigenvalue weighted by Crippen LogP contribution is 2.29. The Morgan fingerprint density at radius 1 is 1.18 bits per heavy atom. The number of ether oxygens (including phenoxy) is 1. The van der Waals surface area contributed by atoms with Gasteiger partial charge >= 0.3 is 0 Å². The molecule has 0 saturated carbocycles. The lowest BCUT2D eigenvalue weighted by Gasteiger charge is -2.12. The second-order valence-electron chi connectivity index (χ2n) is 7.94. The minimum atomic E-state index is -0.185. The van der Waals surface area contributed by atoms with Crippen LogP contribution in [0.15, 0.2) is 40.3 Å². The largest absolute Gasteiger partial charge is 0.383 e. The number of methoxy groups -OCH3 is 1. The number of hydrogen-bond donors (Lipinski definition) is 1. The van der Waals surface area contributed by atoms with Gasteiger partial charge in [0.2, 0.25) is 5.91 Å². The molecule has 0 spiro atoms. The van der Waals surface area contributed by atoms with Crippen molar-refractivity contribution < 1.29 is 9.53 Å². The number of para-hydroxylation sites is 1. The molecule has 178 valence electrons. The van der Waals surface area contributed by atoms with Gasteiger partial charge in [-0.05, 0) is 45.4 Å². The number of hydrogen-bond acceptors (Lipinski definition) is 7. The number of amides is 1. The van der Waals surface area contributed by atoms with Crippen LogP contribution in [-0.4, -0.2) is 44.7 Å². The average Bonchev–Trinajstić information content (AvgIpc) is 3.27. The van der Waals surface area contributed by atoms with Crippen LogP contribution in [0, 0.1) is 27.7 Å². The van der Waals surface area contributed by atoms with Crippen LogP contribution in [0.3, 0.4) is 0 Å². The number of thiophene rings is 1. The highest BCUT2D eigenvalue weighted by Gasteiger charge is 2.19. The Morgan fingerprint density at radius 3 is 2.62 bits per heavy atom. The molecule has 0 atom stereocenters. The van der Waals surface area contributed by atoms with Crippen molar-refractivity contribution in [3.05, 3.63) is 62.5 Å². The molecule has 3 aromatic heterocycles. The second-order valence-corrected chi connectivity index (χ2v) is 10.1. The first-order valence-electron chi connectivity index (χ1n) is 10.9. The molecule has 1 N–H and O–H groups in total. The summed E-state index contributed by atoms with van der Waals surface area (Å²) in [5.74, 6) is -0.0704. The van der Waals surface area contributed by atoms with E-state index in [1.54, 1.807) is 11.7 Å². The molecule has 1 amide bonds. The van der Waals surface area contributed by atoms with E-state index in [0.717, 1.165) is 27.5 Å². The second kappa shape index (κ2) is 10.1. The Morgan fingerprint density at radius 2 is 1.91 bits per heavy atom. The SMILES string of the molecule is COCCn1c(SCC(=O)Nc2c(C)nn(-c3ccccc3)c2C)nc2sc(C)c(C)c2c1=O. The predicted molar refractivity (Wildman–Crippen MR) is 138 cm³/mol. The molecule has 4 rings (SSSR count). The van der Waals surface area contributed by atoms with E-state index < -0.39 is 0 Å². The van der Waals surface area contributed by atoms with Gasteiger partial charge in [0.1, 0.15) is 4.83 Å². The summed E-state index contributed by atoms with van der Waals surface area (Å²) in [6.07, 6.45) is 0. The molecule has 0 fully saturated rings. The lowest BCUT2D eigenvalue weighted by molar-refractivity contribution is -0.113. The normalized spacial score (nSPS) is 11.3. The van der Waals surface area contributed by atoms with Crippen LogP contribution in [-0.2, 0) is 16.1 Å². The maximum absolute atomic E-state index is 13.2. The molecule has 8 nitrogen and oxygen atoms in total. The third kappa shape index (κ3) is 4.66. The number of thioether (sulfide) groups is 1. The van der Waals surface area contributed by atoms with Crippen molar-refractivity contribution in [2.24, 2.45) is 0 Å². The van der Waals surface area contributed by atoms with Gasteiger partial charge in [0, 0.05) is 12.0 Å². The van der Waals surface area contributed by atoms with Crippen molar-refractivity contribution in [3.63, 3.8) is 0 Å². The standard InChI is InChI=1S/C24H27N5O3S2/c1-14-17(4)34-22-20(14)23(31)28(11-12-32-5)24(26-22)33-13-19(30)25-21-15(2)27-29(16(21)3)18-9-7-6-8-10-18/h6-10H,11-13H2,1-5H3,(H,25,30). The molecule has 0 aliphatic rings. The first-order valence-corrected chi connectivity index (χ1v) is 12.7. The minimum Gasteiger partial charge on any atom is -0.383 e. The van der Waals surface area contributed by atoms with E-state index >= 15 is 0 Å². The molecule has 1 aromatic carbocycles. The average molecular weight is 498 g/mol. The Kier molecular flexibility index (Phi) is 7.20. The van der Waals surface area contributed by atoms with Crippen molar-refractivity contribution in [2.45, 2.75) is 39.4 Å². The third-order valence-electron chi connectivity index (χ3n) is 5.66. The maximum Gasteiger partial charge on any atom is 0.263 e. The van der Waals surface area contributed by atoms with Crippen LogP contribution in [0.1, 0.15) is 21.8 Å². The van der Waals surface area contributed by atoms with Gasteiger partial charge in [-0.2, -0.15) is 5.10 Å². The lowest BCUT2D eigenvalue weighted by atomic mass is 10.2. The molecular weight excluding hydrogens is 470 g/mol. The van der Waals surface area contributed by atoms with Crippen LogP contribution >= 0.6 is 23.1 Å². The summed E-state index contributed by atoms with van der Waals surface area (Å²) in [5.41, 5.74) is 4.07. The van der Waals surface area contributed by atoms with E-state index in [0.29, 0.717) is 34.2 Å². The van der Waals surface area contributed by atoms with E-state index in [-0.39, 0.29) is 17.2 Å². The van der Waals surface area contributed by atoms with Gasteiger partial charge in [0.15, 0.2) is 5.16 Å². The fourth-order valence-electron chi connectivity index (χ4n) is 3.75. The van der Waals surface area contributed by atoms with Crippen LogP contribution in [0.2, 0.25) is 0 Å². The molecule has 0 bridgehead atoms. The number of aryl methyl sites for hydroxylation is 3. The van der Waals surface area contributed by atoms with Crippen molar-refractivity contribution in [3.8, 4) is 5.69 Å². The van der Waals surface area contributed by atoms with Crippen LogP contribution in [0.5, 0.6) is 0 Å². The monoisotopic (exact) mass is 497 g/mol. The zero-order valence-corrected chi connectivity index (χ0v) is 21.5. The van der Waals surface area contributed by atoms with E-state index in [4.69, 9.17) is 9.72 Å². The highest BCUT2D eigenvalue weighted by molar-refractivity contribution is 7.99. The number of nitrogens with one attached hydrogen (secondary N) is 1. The molecule has 0 unspecified atom stereocenters. The van der Waals surface area contributed by atoms with Crippen LogP contribution in [0.4, 0.5) is 5.69 Å². The van der Waals surface area contributed by atoms with Gasteiger partial charge in [0.25, 0.3) is 5.56 Å². The molecule has 0 radical (unpaired) electrons. The number of aromatic nitrogens is 4. The van der Waals surface area contributed by atoms with Crippen LogP contribution in [0.25, 0.3) is 15.9 Å². The number of carbonyl (C=O) groups excluding carboxylic acids is 1. The third-order valence-corrected chi connectivity index (χ3v) is 7.74. The van der Waals surface area contributed by atoms with Gasteiger partial charge in [-0.1, -0.05) is 30.0 Å². The molecular formula is C24H27N5O3S2.